The van der Waals surface area contributed by atoms with Crippen LogP contribution in [0.25, 0.3) is 0 Å². The van der Waals surface area contributed by atoms with Gasteiger partial charge in [-0.25, -0.2) is 0 Å². The quantitative estimate of drug-likeness (QED) is 0.0923. The largest absolute Gasteiger partial charge is 0.492 e. The van der Waals surface area contributed by atoms with Gasteiger partial charge in [0, 0.05) is 12.5 Å². The molecule has 0 aromatic rings. The first-order valence-electron chi connectivity index (χ1n) is 14.3. The second-order valence-corrected chi connectivity index (χ2v) is 14.0. The van der Waals surface area contributed by atoms with E-state index in [1.165, 1.54) is 116 Å². The summed E-state index contributed by atoms with van der Waals surface area (Å²) in [6, 6.07) is 0.154. The van der Waals surface area contributed by atoms with Crippen LogP contribution in [0.4, 0.5) is 0 Å². The molecule has 3 N–H and O–H groups in total. The maximum absolute atomic E-state index is 9.14. The normalized spacial score (nSPS) is 13.1. The number of hydrogen-bond donors (Lipinski definition) is 3. The Morgan fingerprint density at radius 3 is 1.00 bits per heavy atom. The van der Waals surface area contributed by atoms with E-state index in [-0.39, 0.29) is 6.04 Å². The summed E-state index contributed by atoms with van der Waals surface area (Å²) in [6.45, 7) is 6.89. The van der Waals surface area contributed by atoms with Gasteiger partial charge in [0.1, 0.15) is 0 Å². The predicted octanol–water partition coefficient (Wildman–Crippen LogP) is 5.71. The highest BCUT2D eigenvalue weighted by molar-refractivity contribution is 6.56. The van der Waals surface area contributed by atoms with Crippen LogP contribution in [-0.2, 0) is 0 Å². The van der Waals surface area contributed by atoms with Crippen LogP contribution in [0.5, 0.6) is 0 Å². The molecule has 0 saturated carbocycles. The molecule has 0 unspecified atom stereocenters. The van der Waals surface area contributed by atoms with E-state index in [9.17, 15) is 0 Å². The van der Waals surface area contributed by atoms with E-state index in [1.54, 1.807) is 0 Å². The summed E-state index contributed by atoms with van der Waals surface area (Å²) in [6.07, 6.45) is 22.8. The smallest absolute Gasteiger partial charge is 0.390 e. The van der Waals surface area contributed by atoms with Crippen LogP contribution in [0.3, 0.4) is 0 Å². The lowest BCUT2D eigenvalue weighted by Gasteiger charge is -2.31. The molecule has 33 heavy (non-hydrogen) atoms. The molecular weight excluding hydrogens is 428 g/mol. The summed E-state index contributed by atoms with van der Waals surface area (Å²) in [5.41, 5.74) is 0. The summed E-state index contributed by atoms with van der Waals surface area (Å²) < 4.78 is 2.05. The van der Waals surface area contributed by atoms with Gasteiger partial charge in [-0.05, 0) is 38.5 Å². The van der Waals surface area contributed by atoms with E-state index in [4.69, 9.17) is 14.4 Å². The van der Waals surface area contributed by atoms with Gasteiger partial charge in [0.05, 0.1) is 54.4 Å². The van der Waals surface area contributed by atoms with Crippen molar-refractivity contribution in [3.63, 3.8) is 0 Å². The molecule has 0 aromatic heterocycles. The average Bonchev–Trinajstić information content (AvgIpc) is 2.70. The lowest BCUT2D eigenvalue weighted by atomic mass is 10.1. The summed E-state index contributed by atoms with van der Waals surface area (Å²) in [7, 11) is 5.32. The number of nitrogens with zero attached hydrogens (tertiary/aromatic N) is 2. The standard InChI is InChI=1S/C27H62N2O3Si/c1-6-7-8-9-10-11-12-13-14-15-16-19-23-28(2,3)24-20-17-18-21-25-29(4,5)26-22-27-33(30,31)32/h30-32H,6-27H2,1-5H3/q+2. The Morgan fingerprint density at radius 2 is 0.697 bits per heavy atom. The monoisotopic (exact) mass is 490 g/mol. The Hall–Kier alpha value is 0.0169. The summed E-state index contributed by atoms with van der Waals surface area (Å²) in [4.78, 5) is 27.4. The molecule has 0 fully saturated rings. The molecule has 200 valence electrons. The van der Waals surface area contributed by atoms with Crippen molar-refractivity contribution >= 4 is 8.80 Å². The van der Waals surface area contributed by atoms with Crippen LogP contribution < -0.4 is 0 Å². The number of quaternary nitrogens is 2. The van der Waals surface area contributed by atoms with Crippen molar-refractivity contribution in [2.45, 2.75) is 122 Å². The zero-order valence-corrected chi connectivity index (χ0v) is 24.3. The van der Waals surface area contributed by atoms with Gasteiger partial charge in [0.25, 0.3) is 0 Å². The van der Waals surface area contributed by atoms with Gasteiger partial charge in [-0.3, -0.25) is 0 Å². The fraction of sp³-hybridized carbons (Fsp3) is 1.00. The van der Waals surface area contributed by atoms with Gasteiger partial charge in [-0.1, -0.05) is 71.1 Å². The topological polar surface area (TPSA) is 60.7 Å². The first-order chi connectivity index (χ1) is 15.5. The molecule has 0 radical (unpaired) electrons. The number of unbranched alkanes of at least 4 members (excludes halogenated alkanes) is 14. The van der Waals surface area contributed by atoms with Crippen molar-refractivity contribution < 1.29 is 23.4 Å². The van der Waals surface area contributed by atoms with Gasteiger partial charge in [-0.15, -0.1) is 0 Å². The van der Waals surface area contributed by atoms with Crippen LogP contribution in [0.1, 0.15) is 116 Å². The molecule has 0 aliphatic heterocycles. The van der Waals surface area contributed by atoms with Crippen LogP contribution in [0, 0.1) is 0 Å². The first kappa shape index (κ1) is 33.0. The first-order valence-corrected chi connectivity index (χ1v) is 16.3. The maximum atomic E-state index is 9.14. The minimum absolute atomic E-state index is 0.154. The lowest BCUT2D eigenvalue weighted by molar-refractivity contribution is -0.891. The Kier molecular flexibility index (Phi) is 19.2. The van der Waals surface area contributed by atoms with E-state index in [2.05, 4.69) is 35.1 Å². The van der Waals surface area contributed by atoms with Crippen molar-refractivity contribution in [3.8, 4) is 0 Å². The van der Waals surface area contributed by atoms with E-state index < -0.39 is 8.80 Å². The van der Waals surface area contributed by atoms with Gasteiger partial charge in [0.2, 0.25) is 0 Å². The highest BCUT2D eigenvalue weighted by Gasteiger charge is 2.27. The van der Waals surface area contributed by atoms with Gasteiger partial charge in [0.15, 0.2) is 0 Å². The van der Waals surface area contributed by atoms with Crippen molar-refractivity contribution in [3.05, 3.63) is 0 Å². The molecule has 0 heterocycles. The zero-order chi connectivity index (χ0) is 25.1. The van der Waals surface area contributed by atoms with Gasteiger partial charge >= 0.3 is 8.80 Å². The Labute approximate surface area is 208 Å². The maximum Gasteiger partial charge on any atom is 0.492 e. The van der Waals surface area contributed by atoms with Crippen molar-refractivity contribution in [2.75, 3.05) is 54.4 Å². The third kappa shape index (κ3) is 24.9. The van der Waals surface area contributed by atoms with Crippen molar-refractivity contribution in [1.82, 2.24) is 0 Å². The van der Waals surface area contributed by atoms with E-state index in [0.717, 1.165) is 22.1 Å². The Bertz CT molecular complexity index is 440. The molecule has 0 rings (SSSR count). The highest BCUT2D eigenvalue weighted by atomic mass is 28.4. The summed E-state index contributed by atoms with van der Waals surface area (Å²) in [5, 5.41) is 0. The minimum Gasteiger partial charge on any atom is -0.390 e. The van der Waals surface area contributed by atoms with Crippen molar-refractivity contribution in [1.29, 1.82) is 0 Å². The third-order valence-electron chi connectivity index (χ3n) is 7.17. The molecule has 0 saturated heterocycles. The molecule has 0 bridgehead atoms. The Morgan fingerprint density at radius 1 is 0.424 bits per heavy atom. The van der Waals surface area contributed by atoms with E-state index in [1.807, 2.05) is 0 Å². The van der Waals surface area contributed by atoms with E-state index in [0.29, 0.717) is 6.42 Å². The van der Waals surface area contributed by atoms with Crippen LogP contribution in [0.2, 0.25) is 6.04 Å². The molecule has 0 atom stereocenters. The second kappa shape index (κ2) is 19.2. The molecule has 0 aliphatic carbocycles. The lowest BCUT2D eigenvalue weighted by Crippen LogP contribution is -2.43. The summed E-state index contributed by atoms with van der Waals surface area (Å²) in [5.74, 6) is 0. The molecule has 6 heteroatoms. The van der Waals surface area contributed by atoms with Crippen molar-refractivity contribution in [2.24, 2.45) is 0 Å². The van der Waals surface area contributed by atoms with Crippen LogP contribution >= 0.6 is 0 Å². The molecule has 0 spiro atoms. The number of rotatable bonds is 24. The SMILES string of the molecule is CCCCCCCCCCCCCC[N+](C)(C)CCCCCC[N+](C)(C)CCC[Si](O)(O)O. The zero-order valence-electron chi connectivity index (χ0n) is 23.3. The minimum atomic E-state index is -3.86. The highest BCUT2D eigenvalue weighted by Crippen LogP contribution is 2.14. The van der Waals surface area contributed by atoms with Gasteiger partial charge < -0.3 is 23.4 Å². The third-order valence-corrected chi connectivity index (χ3v) is 8.19. The second-order valence-electron chi connectivity index (χ2n) is 11.9. The fourth-order valence-electron chi connectivity index (χ4n) is 4.78. The molecular formula is C27H62N2O3Si+2. The van der Waals surface area contributed by atoms with Crippen LogP contribution in [0.15, 0.2) is 0 Å². The molecule has 5 nitrogen and oxygen atoms in total. The number of hydrogen-bond acceptors (Lipinski definition) is 3. The van der Waals surface area contributed by atoms with Crippen LogP contribution in [-0.4, -0.2) is 86.5 Å². The average molecular weight is 491 g/mol. The van der Waals surface area contributed by atoms with Gasteiger partial charge in [-0.2, -0.15) is 0 Å². The molecule has 0 aromatic carbocycles. The molecule has 0 amide bonds. The summed E-state index contributed by atoms with van der Waals surface area (Å²) >= 11 is 0. The van der Waals surface area contributed by atoms with E-state index >= 15 is 0 Å². The predicted molar refractivity (Wildman–Crippen MR) is 145 cm³/mol. The fourth-order valence-corrected chi connectivity index (χ4v) is 5.41. The molecule has 0 aliphatic rings. The Balaban J connectivity index is 3.56.